The molecule has 0 saturated carbocycles. The van der Waals surface area contributed by atoms with Gasteiger partial charge in [-0.2, -0.15) is 0 Å². The minimum Gasteiger partial charge on any atom is -0.314 e. The van der Waals surface area contributed by atoms with Crippen LogP contribution < -0.4 is 5.32 Å². The van der Waals surface area contributed by atoms with Crippen molar-refractivity contribution in [2.24, 2.45) is 0 Å². The van der Waals surface area contributed by atoms with E-state index in [-0.39, 0.29) is 30.9 Å². The second-order valence-electron chi connectivity index (χ2n) is 4.10. The molecule has 0 unspecified atom stereocenters. The Hall–Kier alpha value is 0.230. The lowest BCUT2D eigenvalue weighted by Gasteiger charge is -2.34. The molecule has 2 nitrogen and oxygen atoms in total. The highest BCUT2D eigenvalue weighted by Gasteiger charge is 2.24. The van der Waals surface area contributed by atoms with E-state index in [2.05, 4.69) is 10.2 Å². The van der Waals surface area contributed by atoms with Crippen molar-refractivity contribution in [3.8, 4) is 0 Å². The van der Waals surface area contributed by atoms with E-state index in [9.17, 15) is 4.39 Å². The lowest BCUT2D eigenvalue weighted by atomic mass is 10.1. The van der Waals surface area contributed by atoms with Gasteiger partial charge in [-0.15, -0.1) is 24.8 Å². The van der Waals surface area contributed by atoms with Crippen LogP contribution in [0.1, 0.15) is 11.6 Å². The molecule has 19 heavy (non-hydrogen) atoms. The first-order valence-corrected chi connectivity index (χ1v) is 6.44. The first-order chi connectivity index (χ1) is 8.24. The van der Waals surface area contributed by atoms with E-state index in [1.165, 1.54) is 0 Å². The largest absolute Gasteiger partial charge is 0.314 e. The maximum Gasteiger partial charge on any atom is 0.109 e. The maximum absolute atomic E-state index is 13.3. The standard InChI is InChI=1S/C12H15Cl2FN2.2ClH/c13-10-3-1-2-9(12(10)14)11(8-15)17-6-4-16-5-7-17;;/h1-3,11,16H,4-8H2;2*1H/t11-;;/m1../s1. The Balaban J connectivity index is 0.00000162. The maximum atomic E-state index is 13.3. The van der Waals surface area contributed by atoms with Crippen molar-refractivity contribution < 1.29 is 4.39 Å². The average Bonchev–Trinajstić information content (AvgIpc) is 2.37. The molecule has 0 aliphatic carbocycles. The second kappa shape index (κ2) is 9.22. The van der Waals surface area contributed by atoms with Gasteiger partial charge in [0.2, 0.25) is 0 Å². The van der Waals surface area contributed by atoms with Crippen LogP contribution in [0.2, 0.25) is 10.0 Å². The molecule has 2 rings (SSSR count). The molecule has 0 radical (unpaired) electrons. The van der Waals surface area contributed by atoms with Crippen molar-refractivity contribution >= 4 is 48.0 Å². The van der Waals surface area contributed by atoms with Gasteiger partial charge in [0.1, 0.15) is 6.67 Å². The fourth-order valence-corrected chi connectivity index (χ4v) is 2.58. The van der Waals surface area contributed by atoms with Gasteiger partial charge in [-0.1, -0.05) is 35.3 Å². The molecule has 1 aromatic rings. The van der Waals surface area contributed by atoms with Gasteiger partial charge < -0.3 is 5.32 Å². The zero-order chi connectivity index (χ0) is 12.3. The second-order valence-corrected chi connectivity index (χ2v) is 4.88. The molecular weight excluding hydrogens is 333 g/mol. The van der Waals surface area contributed by atoms with Gasteiger partial charge in [-0.05, 0) is 11.6 Å². The van der Waals surface area contributed by atoms with Crippen LogP contribution in [0.25, 0.3) is 0 Å². The molecule has 1 fully saturated rings. The van der Waals surface area contributed by atoms with Gasteiger partial charge in [0.05, 0.1) is 16.1 Å². The van der Waals surface area contributed by atoms with Crippen LogP contribution in [0.3, 0.4) is 0 Å². The zero-order valence-corrected chi connectivity index (χ0v) is 13.4. The predicted octanol–water partition coefficient (Wildman–Crippen LogP) is 3.75. The van der Waals surface area contributed by atoms with Gasteiger partial charge in [-0.25, -0.2) is 4.39 Å². The molecule has 110 valence electrons. The highest BCUT2D eigenvalue weighted by atomic mass is 35.5. The summed E-state index contributed by atoms with van der Waals surface area (Å²) in [4.78, 5) is 2.11. The Labute approximate surface area is 135 Å². The minimum absolute atomic E-state index is 0. The summed E-state index contributed by atoms with van der Waals surface area (Å²) in [5, 5.41) is 4.20. The Morgan fingerprint density at radius 3 is 2.42 bits per heavy atom. The van der Waals surface area contributed by atoms with Crippen LogP contribution in [0, 0.1) is 0 Å². The Kier molecular flexibility index (Phi) is 9.33. The lowest BCUT2D eigenvalue weighted by Crippen LogP contribution is -2.45. The van der Waals surface area contributed by atoms with Gasteiger partial charge in [0.15, 0.2) is 0 Å². The molecule has 0 bridgehead atoms. The Bertz CT molecular complexity index is 386. The van der Waals surface area contributed by atoms with Crippen molar-refractivity contribution in [3.63, 3.8) is 0 Å². The van der Waals surface area contributed by atoms with E-state index < -0.39 is 6.67 Å². The summed E-state index contributed by atoms with van der Waals surface area (Å²) in [7, 11) is 0. The highest BCUT2D eigenvalue weighted by molar-refractivity contribution is 6.42. The van der Waals surface area contributed by atoms with Crippen LogP contribution in [0.4, 0.5) is 4.39 Å². The quantitative estimate of drug-likeness (QED) is 0.893. The molecule has 0 amide bonds. The summed E-state index contributed by atoms with van der Waals surface area (Å²) in [6.45, 7) is 2.98. The zero-order valence-electron chi connectivity index (χ0n) is 10.2. The number of alkyl halides is 1. The third-order valence-corrected chi connectivity index (χ3v) is 3.91. The lowest BCUT2D eigenvalue weighted by molar-refractivity contribution is 0.147. The Morgan fingerprint density at radius 2 is 1.84 bits per heavy atom. The topological polar surface area (TPSA) is 15.3 Å². The molecule has 1 heterocycles. The van der Waals surface area contributed by atoms with E-state index in [0.29, 0.717) is 10.0 Å². The SMILES string of the molecule is Cl.Cl.FC[C@H](c1cccc(Cl)c1Cl)N1CCNCC1. The number of halogens is 5. The summed E-state index contributed by atoms with van der Waals surface area (Å²) in [6, 6.07) is 5.10. The molecular formula is C12H17Cl4FN2. The monoisotopic (exact) mass is 348 g/mol. The number of hydrogen-bond donors (Lipinski definition) is 1. The summed E-state index contributed by atoms with van der Waals surface area (Å²) in [5.41, 5.74) is 0.781. The summed E-state index contributed by atoms with van der Waals surface area (Å²) >= 11 is 12.1. The molecule has 1 aliphatic heterocycles. The number of benzene rings is 1. The molecule has 7 heteroatoms. The third kappa shape index (κ3) is 4.62. The minimum atomic E-state index is -0.444. The van der Waals surface area contributed by atoms with Crippen molar-refractivity contribution in [1.82, 2.24) is 10.2 Å². The molecule has 0 spiro atoms. The number of rotatable bonds is 3. The summed E-state index contributed by atoms with van der Waals surface area (Å²) in [6.07, 6.45) is 0. The smallest absolute Gasteiger partial charge is 0.109 e. The summed E-state index contributed by atoms with van der Waals surface area (Å²) < 4.78 is 13.3. The van der Waals surface area contributed by atoms with Gasteiger partial charge in [0.25, 0.3) is 0 Å². The molecule has 1 aliphatic rings. The number of nitrogens with one attached hydrogen (secondary N) is 1. The van der Waals surface area contributed by atoms with Crippen LogP contribution in [0.15, 0.2) is 18.2 Å². The molecule has 1 N–H and O–H groups in total. The van der Waals surface area contributed by atoms with E-state index in [1.807, 2.05) is 12.1 Å². The van der Waals surface area contributed by atoms with Crippen LogP contribution in [-0.2, 0) is 0 Å². The average molecular weight is 350 g/mol. The van der Waals surface area contributed by atoms with Crippen LogP contribution in [-0.4, -0.2) is 37.8 Å². The third-order valence-electron chi connectivity index (χ3n) is 3.08. The van der Waals surface area contributed by atoms with Crippen LogP contribution >= 0.6 is 48.0 Å². The number of nitrogens with zero attached hydrogens (tertiary/aromatic N) is 1. The van der Waals surface area contributed by atoms with Crippen molar-refractivity contribution in [3.05, 3.63) is 33.8 Å². The first-order valence-electron chi connectivity index (χ1n) is 5.68. The summed E-state index contributed by atoms with van der Waals surface area (Å²) in [5.74, 6) is 0. The van der Waals surface area contributed by atoms with Crippen molar-refractivity contribution in [1.29, 1.82) is 0 Å². The predicted molar refractivity (Wildman–Crippen MR) is 84.1 cm³/mol. The fourth-order valence-electron chi connectivity index (χ4n) is 2.15. The van der Waals surface area contributed by atoms with Crippen molar-refractivity contribution in [2.75, 3.05) is 32.9 Å². The molecule has 1 atom stereocenters. The number of hydrogen-bond acceptors (Lipinski definition) is 2. The van der Waals surface area contributed by atoms with E-state index in [4.69, 9.17) is 23.2 Å². The number of piperazine rings is 1. The van der Waals surface area contributed by atoms with Crippen molar-refractivity contribution in [2.45, 2.75) is 6.04 Å². The van der Waals surface area contributed by atoms with E-state index in [1.54, 1.807) is 6.07 Å². The molecule has 1 aromatic carbocycles. The Morgan fingerprint density at radius 1 is 1.21 bits per heavy atom. The highest BCUT2D eigenvalue weighted by Crippen LogP contribution is 2.33. The normalized spacial score (nSPS) is 17.2. The van der Waals surface area contributed by atoms with E-state index >= 15 is 0 Å². The van der Waals surface area contributed by atoms with Gasteiger partial charge >= 0.3 is 0 Å². The fraction of sp³-hybridized carbons (Fsp3) is 0.500. The first kappa shape index (κ1) is 19.2. The van der Waals surface area contributed by atoms with Gasteiger partial charge in [0, 0.05) is 26.2 Å². The van der Waals surface area contributed by atoms with Crippen LogP contribution in [0.5, 0.6) is 0 Å². The van der Waals surface area contributed by atoms with E-state index in [0.717, 1.165) is 31.7 Å². The molecule has 1 saturated heterocycles. The van der Waals surface area contributed by atoms with Gasteiger partial charge in [-0.3, -0.25) is 4.90 Å². The molecule has 0 aromatic heterocycles.